The highest BCUT2D eigenvalue weighted by atomic mass is 35.5. The Hall–Kier alpha value is -1.75. The van der Waals surface area contributed by atoms with Gasteiger partial charge in [-0.2, -0.15) is 0 Å². The summed E-state index contributed by atoms with van der Waals surface area (Å²) in [6.07, 6.45) is 1.81. The van der Waals surface area contributed by atoms with Gasteiger partial charge in [-0.3, -0.25) is 10.3 Å². The maximum atomic E-state index is 6.14. The molecule has 2 heterocycles. The van der Waals surface area contributed by atoms with Crippen molar-refractivity contribution < 1.29 is 0 Å². The minimum Gasteiger partial charge on any atom is -0.298 e. The van der Waals surface area contributed by atoms with Crippen molar-refractivity contribution >= 4 is 22.9 Å². The Bertz CT molecular complexity index is 742. The summed E-state index contributed by atoms with van der Waals surface area (Å²) in [5.41, 5.74) is 3.12. The number of nitrogens with one attached hydrogen (secondary N) is 1. The highest BCUT2D eigenvalue weighted by Gasteiger charge is 2.15. The third-order valence-corrected chi connectivity index (χ3v) is 4.49. The zero-order valence-corrected chi connectivity index (χ0v) is 13.7. The van der Waals surface area contributed by atoms with Crippen molar-refractivity contribution in [1.29, 1.82) is 0 Å². The van der Waals surface area contributed by atoms with Gasteiger partial charge in [-0.05, 0) is 36.8 Å². The average Bonchev–Trinajstić information content (AvgIpc) is 2.94. The van der Waals surface area contributed by atoms with Crippen molar-refractivity contribution in [2.75, 3.05) is 0 Å². The highest BCUT2D eigenvalue weighted by Crippen LogP contribution is 2.23. The normalized spacial score (nSPS) is 12.3. The first-order valence-electron chi connectivity index (χ1n) is 7.03. The summed E-state index contributed by atoms with van der Waals surface area (Å²) in [4.78, 5) is 8.98. The van der Waals surface area contributed by atoms with Gasteiger partial charge in [0.15, 0.2) is 0 Å². The number of hydrogen-bond donors (Lipinski definition) is 1. The predicted octanol–water partition coefficient (Wildman–Crippen LogP) is 4.38. The Morgan fingerprint density at radius 1 is 1.23 bits per heavy atom. The molecule has 0 bridgehead atoms. The Kier molecular flexibility index (Phi) is 4.83. The zero-order valence-electron chi connectivity index (χ0n) is 12.2. The molecule has 1 atom stereocenters. The number of halogens is 1. The van der Waals surface area contributed by atoms with E-state index >= 15 is 0 Å². The minimum absolute atomic E-state index is 0.0101. The third-order valence-electron chi connectivity index (χ3n) is 3.29. The van der Waals surface area contributed by atoms with Crippen LogP contribution in [0.5, 0.6) is 0 Å². The zero-order chi connectivity index (χ0) is 15.4. The van der Waals surface area contributed by atoms with Crippen LogP contribution in [-0.4, -0.2) is 9.97 Å². The lowest BCUT2D eigenvalue weighted by atomic mass is 10.0. The standard InChI is InChI=1S/C17H16ClN3S/c1-12-11-22-16(21-12)10-20-17(15-7-2-3-8-19-15)13-5-4-6-14(18)9-13/h2-9,11,17,20H,10H2,1H3/t17-/m1/s1. The van der Waals surface area contributed by atoms with Gasteiger partial charge in [0.1, 0.15) is 5.01 Å². The van der Waals surface area contributed by atoms with E-state index in [1.54, 1.807) is 11.3 Å². The van der Waals surface area contributed by atoms with Crippen LogP contribution in [0.3, 0.4) is 0 Å². The van der Waals surface area contributed by atoms with Crippen molar-refractivity contribution in [2.45, 2.75) is 19.5 Å². The summed E-state index contributed by atoms with van der Waals surface area (Å²) < 4.78 is 0. The van der Waals surface area contributed by atoms with Crippen molar-refractivity contribution in [2.24, 2.45) is 0 Å². The fourth-order valence-electron chi connectivity index (χ4n) is 2.30. The summed E-state index contributed by atoms with van der Waals surface area (Å²) >= 11 is 7.80. The van der Waals surface area contributed by atoms with Gasteiger partial charge in [-0.25, -0.2) is 4.98 Å². The Morgan fingerprint density at radius 3 is 2.82 bits per heavy atom. The maximum Gasteiger partial charge on any atom is 0.107 e. The lowest BCUT2D eigenvalue weighted by Gasteiger charge is -2.18. The first-order valence-corrected chi connectivity index (χ1v) is 8.29. The number of pyridine rings is 1. The molecule has 1 aromatic carbocycles. The minimum atomic E-state index is -0.0101. The van der Waals surface area contributed by atoms with Crippen LogP contribution >= 0.6 is 22.9 Å². The molecule has 0 saturated heterocycles. The van der Waals surface area contributed by atoms with Crippen LogP contribution < -0.4 is 5.32 Å². The molecular weight excluding hydrogens is 314 g/mol. The number of benzene rings is 1. The topological polar surface area (TPSA) is 37.8 Å². The van der Waals surface area contributed by atoms with E-state index in [1.807, 2.05) is 49.5 Å². The summed E-state index contributed by atoms with van der Waals surface area (Å²) in [5, 5.41) is 7.39. The molecule has 0 saturated carbocycles. The molecule has 0 aliphatic rings. The second-order valence-electron chi connectivity index (χ2n) is 5.01. The Morgan fingerprint density at radius 2 is 2.14 bits per heavy atom. The molecular formula is C17H16ClN3S. The van der Waals surface area contributed by atoms with Gasteiger partial charge in [0.25, 0.3) is 0 Å². The molecule has 3 rings (SSSR count). The van der Waals surface area contributed by atoms with Crippen molar-refractivity contribution in [3.8, 4) is 0 Å². The van der Waals surface area contributed by atoms with Gasteiger partial charge < -0.3 is 0 Å². The molecule has 1 N–H and O–H groups in total. The Labute approximate surface area is 139 Å². The molecule has 2 aromatic heterocycles. The molecule has 0 radical (unpaired) electrons. The van der Waals surface area contributed by atoms with Crippen LogP contribution in [0.25, 0.3) is 0 Å². The van der Waals surface area contributed by atoms with Crippen LogP contribution in [-0.2, 0) is 6.54 Å². The molecule has 22 heavy (non-hydrogen) atoms. The van der Waals surface area contributed by atoms with E-state index in [2.05, 4.69) is 26.7 Å². The van der Waals surface area contributed by atoms with Gasteiger partial charge in [0.05, 0.1) is 11.7 Å². The third kappa shape index (κ3) is 3.71. The molecule has 5 heteroatoms. The number of aryl methyl sites for hydroxylation is 1. The number of rotatable bonds is 5. The number of nitrogens with zero attached hydrogens (tertiary/aromatic N) is 2. The number of hydrogen-bond acceptors (Lipinski definition) is 4. The fraction of sp³-hybridized carbons (Fsp3) is 0.176. The summed E-state index contributed by atoms with van der Waals surface area (Å²) in [6, 6.07) is 13.8. The SMILES string of the molecule is Cc1csc(CN[C@H](c2cccc(Cl)c2)c2ccccn2)n1. The quantitative estimate of drug-likeness (QED) is 0.755. The van der Waals surface area contributed by atoms with Crippen LogP contribution in [0, 0.1) is 6.92 Å². The largest absolute Gasteiger partial charge is 0.298 e. The molecule has 3 aromatic rings. The monoisotopic (exact) mass is 329 g/mol. The molecule has 3 nitrogen and oxygen atoms in total. The van der Waals surface area contributed by atoms with E-state index in [4.69, 9.17) is 11.6 Å². The van der Waals surface area contributed by atoms with E-state index in [1.165, 1.54) is 0 Å². The molecule has 0 aliphatic carbocycles. The van der Waals surface area contributed by atoms with Gasteiger partial charge in [-0.15, -0.1) is 11.3 Å². The first-order chi connectivity index (χ1) is 10.7. The summed E-state index contributed by atoms with van der Waals surface area (Å²) in [7, 11) is 0. The molecule has 0 aliphatic heterocycles. The van der Waals surface area contributed by atoms with Crippen molar-refractivity contribution in [1.82, 2.24) is 15.3 Å². The number of aromatic nitrogens is 2. The van der Waals surface area contributed by atoms with E-state index in [-0.39, 0.29) is 6.04 Å². The van der Waals surface area contributed by atoms with E-state index in [9.17, 15) is 0 Å². The number of thiazole rings is 1. The fourth-order valence-corrected chi connectivity index (χ4v) is 3.22. The maximum absolute atomic E-state index is 6.14. The van der Waals surface area contributed by atoms with Crippen LogP contribution in [0.1, 0.15) is 28.0 Å². The van der Waals surface area contributed by atoms with Crippen molar-refractivity contribution in [3.63, 3.8) is 0 Å². The van der Waals surface area contributed by atoms with E-state index < -0.39 is 0 Å². The van der Waals surface area contributed by atoms with Crippen LogP contribution in [0.4, 0.5) is 0 Å². The summed E-state index contributed by atoms with van der Waals surface area (Å²) in [6.45, 7) is 2.71. The first kappa shape index (κ1) is 15.2. The molecule has 112 valence electrons. The van der Waals surface area contributed by atoms with Crippen LogP contribution in [0.15, 0.2) is 54.0 Å². The smallest absolute Gasteiger partial charge is 0.107 e. The average molecular weight is 330 g/mol. The van der Waals surface area contributed by atoms with Crippen LogP contribution in [0.2, 0.25) is 5.02 Å². The predicted molar refractivity (Wildman–Crippen MR) is 91.2 cm³/mol. The molecule has 0 unspecified atom stereocenters. The van der Waals surface area contributed by atoms with E-state index in [0.29, 0.717) is 6.54 Å². The second-order valence-corrected chi connectivity index (χ2v) is 6.39. The molecule has 0 amide bonds. The van der Waals surface area contributed by atoms with Gasteiger partial charge in [0.2, 0.25) is 0 Å². The summed E-state index contributed by atoms with van der Waals surface area (Å²) in [5.74, 6) is 0. The van der Waals surface area contributed by atoms with Gasteiger partial charge in [-0.1, -0.05) is 29.8 Å². The lowest BCUT2D eigenvalue weighted by molar-refractivity contribution is 0.590. The Balaban J connectivity index is 1.86. The van der Waals surface area contributed by atoms with Gasteiger partial charge >= 0.3 is 0 Å². The molecule has 0 spiro atoms. The highest BCUT2D eigenvalue weighted by molar-refractivity contribution is 7.09. The van der Waals surface area contributed by atoms with Gasteiger partial charge in [0, 0.05) is 28.8 Å². The van der Waals surface area contributed by atoms with E-state index in [0.717, 1.165) is 27.0 Å². The molecule has 0 fully saturated rings. The van der Waals surface area contributed by atoms with Crippen molar-refractivity contribution in [3.05, 3.63) is 81.0 Å². The lowest BCUT2D eigenvalue weighted by Crippen LogP contribution is -2.22. The second kappa shape index (κ2) is 7.01.